The summed E-state index contributed by atoms with van der Waals surface area (Å²) in [5.41, 5.74) is 3.22. The number of nitrogens with one attached hydrogen (secondary N) is 1. The lowest BCUT2D eigenvalue weighted by atomic mass is 9.71. The highest BCUT2D eigenvalue weighted by Gasteiger charge is 2.53. The van der Waals surface area contributed by atoms with E-state index in [1.165, 1.54) is 19.2 Å². The molecule has 1 aromatic heterocycles. The third kappa shape index (κ3) is 4.76. The molecule has 1 fully saturated rings. The minimum Gasteiger partial charge on any atom is -0.490 e. The van der Waals surface area contributed by atoms with Gasteiger partial charge in [-0.2, -0.15) is 5.10 Å². The number of halogens is 1. The largest absolute Gasteiger partial charge is 0.490 e. The molecule has 0 radical (unpaired) electrons. The normalized spacial score (nSPS) is 17.6. The molecule has 2 aliphatic heterocycles. The van der Waals surface area contributed by atoms with Crippen LogP contribution in [-0.2, 0) is 18.4 Å². The number of nitrogens with zero attached hydrogens (tertiary/aromatic N) is 4. The Bertz CT molecular complexity index is 1620. The molecule has 9 heteroatoms. The molecule has 8 nitrogen and oxygen atoms in total. The molecule has 1 saturated heterocycles. The topological polar surface area (TPSA) is 82.9 Å². The molecule has 3 aromatic carbocycles. The molecule has 0 aliphatic carbocycles. The van der Waals surface area contributed by atoms with E-state index in [9.17, 15) is 14.0 Å². The number of rotatable bonds is 7. The van der Waals surface area contributed by atoms with Crippen molar-refractivity contribution in [1.29, 1.82) is 0 Å². The van der Waals surface area contributed by atoms with Gasteiger partial charge in [-0.15, -0.1) is 0 Å². The van der Waals surface area contributed by atoms with Crippen molar-refractivity contribution in [2.24, 2.45) is 17.6 Å². The zero-order valence-corrected chi connectivity index (χ0v) is 23.1. The maximum absolute atomic E-state index is 14.2. The first-order chi connectivity index (χ1) is 19.9. The molecule has 1 N–H and O–H groups in total. The fourth-order valence-corrected chi connectivity index (χ4v) is 6.24. The van der Waals surface area contributed by atoms with E-state index in [0.717, 1.165) is 28.1 Å². The first kappa shape index (κ1) is 26.7. The van der Waals surface area contributed by atoms with Crippen LogP contribution in [0.2, 0.25) is 0 Å². The fourth-order valence-electron chi connectivity index (χ4n) is 6.24. The molecular weight excluding hydrogens is 521 g/mol. The standard InChI is InChI=1S/C32H32FN5O3/c1-36-27(28(41-2)30(39)35-36)26(23-9-5-3-6-10-23)37-19-17-32(18-20-37)29(24-11-7-4-8-12-24)34-38(31(32)40)21-22-13-15-25(33)16-14-22/h3-16,26H,17-21H2,1-2H3,(H,35,39). The molecule has 2 aliphatic rings. The van der Waals surface area contributed by atoms with E-state index in [0.29, 0.717) is 25.9 Å². The number of hydrogen-bond donors (Lipinski definition) is 1. The average molecular weight is 554 g/mol. The summed E-state index contributed by atoms with van der Waals surface area (Å²) in [5, 5.41) is 9.26. The van der Waals surface area contributed by atoms with Gasteiger partial charge >= 0.3 is 5.56 Å². The van der Waals surface area contributed by atoms with E-state index in [2.05, 4.69) is 10.00 Å². The maximum atomic E-state index is 14.2. The van der Waals surface area contributed by atoms with Gasteiger partial charge in [0, 0.05) is 20.1 Å². The van der Waals surface area contributed by atoms with Crippen LogP contribution >= 0.6 is 0 Å². The van der Waals surface area contributed by atoms with Crippen LogP contribution in [-0.4, -0.2) is 51.5 Å². The Morgan fingerprint density at radius 3 is 2.22 bits per heavy atom. The Morgan fingerprint density at radius 2 is 1.59 bits per heavy atom. The Balaban J connectivity index is 1.34. The summed E-state index contributed by atoms with van der Waals surface area (Å²) in [6.07, 6.45) is 1.12. The second-order valence-corrected chi connectivity index (χ2v) is 10.7. The van der Waals surface area contributed by atoms with Gasteiger partial charge in [0.15, 0.2) is 0 Å². The van der Waals surface area contributed by atoms with Crippen molar-refractivity contribution in [1.82, 2.24) is 19.7 Å². The maximum Gasteiger partial charge on any atom is 0.306 e. The van der Waals surface area contributed by atoms with Gasteiger partial charge in [0.2, 0.25) is 5.75 Å². The highest BCUT2D eigenvalue weighted by Crippen LogP contribution is 2.45. The van der Waals surface area contributed by atoms with Crippen molar-refractivity contribution < 1.29 is 13.9 Å². The van der Waals surface area contributed by atoms with Crippen LogP contribution in [0.4, 0.5) is 4.39 Å². The van der Waals surface area contributed by atoms with Crippen molar-refractivity contribution in [2.45, 2.75) is 25.4 Å². The van der Waals surface area contributed by atoms with E-state index in [4.69, 9.17) is 9.84 Å². The van der Waals surface area contributed by atoms with Crippen molar-refractivity contribution in [3.8, 4) is 5.75 Å². The summed E-state index contributed by atoms with van der Waals surface area (Å²) in [5.74, 6) is -0.0675. The van der Waals surface area contributed by atoms with Crippen LogP contribution in [0.15, 0.2) is 94.8 Å². The van der Waals surface area contributed by atoms with Gasteiger partial charge in [-0.1, -0.05) is 72.8 Å². The van der Waals surface area contributed by atoms with Crippen LogP contribution in [0.3, 0.4) is 0 Å². The summed E-state index contributed by atoms with van der Waals surface area (Å²) in [6, 6.07) is 25.8. The molecule has 1 spiro atoms. The van der Waals surface area contributed by atoms with Crippen molar-refractivity contribution in [2.75, 3.05) is 20.2 Å². The highest BCUT2D eigenvalue weighted by molar-refractivity contribution is 6.19. The van der Waals surface area contributed by atoms with E-state index in [-0.39, 0.29) is 35.6 Å². The highest BCUT2D eigenvalue weighted by atomic mass is 19.1. The molecule has 4 aromatic rings. The van der Waals surface area contributed by atoms with Gasteiger partial charge in [-0.25, -0.2) is 9.40 Å². The number of ether oxygens (including phenoxy) is 1. The number of methoxy groups -OCH3 is 1. The molecule has 3 heterocycles. The molecule has 1 amide bonds. The second kappa shape index (κ2) is 10.8. The lowest BCUT2D eigenvalue weighted by Gasteiger charge is -2.42. The van der Waals surface area contributed by atoms with E-state index in [1.807, 2.05) is 67.7 Å². The lowest BCUT2D eigenvalue weighted by Crippen LogP contribution is -2.50. The third-order valence-corrected chi connectivity index (χ3v) is 8.28. The van der Waals surface area contributed by atoms with E-state index < -0.39 is 5.41 Å². The Kier molecular flexibility index (Phi) is 7.05. The van der Waals surface area contributed by atoms with Gasteiger partial charge in [0.05, 0.1) is 30.8 Å². The summed E-state index contributed by atoms with van der Waals surface area (Å²) in [6.45, 7) is 1.48. The second-order valence-electron chi connectivity index (χ2n) is 10.7. The van der Waals surface area contributed by atoms with Crippen molar-refractivity contribution in [3.05, 3.63) is 123 Å². The predicted molar refractivity (Wildman–Crippen MR) is 154 cm³/mol. The zero-order chi connectivity index (χ0) is 28.6. The monoisotopic (exact) mass is 553 g/mol. The van der Waals surface area contributed by atoms with Crippen molar-refractivity contribution in [3.63, 3.8) is 0 Å². The van der Waals surface area contributed by atoms with Gasteiger partial charge in [0.1, 0.15) is 11.5 Å². The minimum absolute atomic E-state index is 0.0387. The number of carbonyl (C=O) groups is 1. The average Bonchev–Trinajstić information content (AvgIpc) is 3.43. The molecule has 41 heavy (non-hydrogen) atoms. The number of benzene rings is 3. The minimum atomic E-state index is -0.784. The number of carbonyl (C=O) groups excluding carboxylic acids is 1. The number of amides is 1. The van der Waals surface area contributed by atoms with Crippen LogP contribution in [0.1, 0.15) is 41.3 Å². The van der Waals surface area contributed by atoms with E-state index >= 15 is 0 Å². The Hall–Kier alpha value is -4.50. The van der Waals surface area contributed by atoms with Gasteiger partial charge in [-0.05, 0) is 41.7 Å². The lowest BCUT2D eigenvalue weighted by molar-refractivity contribution is -0.138. The molecule has 210 valence electrons. The third-order valence-electron chi connectivity index (χ3n) is 8.28. The number of aromatic nitrogens is 2. The first-order valence-electron chi connectivity index (χ1n) is 13.7. The van der Waals surface area contributed by atoms with Crippen LogP contribution in [0.5, 0.6) is 5.75 Å². The first-order valence-corrected chi connectivity index (χ1v) is 13.7. The number of hydrazone groups is 1. The molecule has 0 bridgehead atoms. The van der Waals surface area contributed by atoms with Crippen LogP contribution in [0, 0.1) is 11.2 Å². The molecule has 1 atom stereocenters. The van der Waals surface area contributed by atoms with Crippen LogP contribution in [0.25, 0.3) is 0 Å². The summed E-state index contributed by atoms with van der Waals surface area (Å²) < 4.78 is 20.8. The van der Waals surface area contributed by atoms with Crippen LogP contribution < -0.4 is 10.3 Å². The number of H-pyrrole nitrogens is 1. The number of aryl methyl sites for hydroxylation is 1. The predicted octanol–water partition coefficient (Wildman–Crippen LogP) is 4.48. The molecule has 1 unspecified atom stereocenters. The fraction of sp³-hybridized carbons (Fsp3) is 0.281. The molecule has 6 rings (SSSR count). The Morgan fingerprint density at radius 1 is 0.951 bits per heavy atom. The van der Waals surface area contributed by atoms with Gasteiger partial charge < -0.3 is 4.74 Å². The number of hydrogen-bond acceptors (Lipinski definition) is 5. The van der Waals surface area contributed by atoms with Gasteiger partial charge in [-0.3, -0.25) is 24.3 Å². The number of likely N-dealkylation sites (tertiary alicyclic amines) is 1. The molecular formula is C32H32FN5O3. The number of piperidine rings is 1. The van der Waals surface area contributed by atoms with E-state index in [1.54, 1.807) is 21.8 Å². The SMILES string of the molecule is COc1c(C(c2ccccc2)N2CCC3(CC2)C(=O)N(Cc2ccc(F)cc2)N=C3c2ccccc2)n(C)[nH]c1=O. The zero-order valence-electron chi connectivity index (χ0n) is 23.1. The van der Waals surface area contributed by atoms with Crippen molar-refractivity contribution >= 4 is 11.6 Å². The molecule has 0 saturated carbocycles. The van der Waals surface area contributed by atoms with Gasteiger partial charge in [0.25, 0.3) is 5.91 Å². The summed E-state index contributed by atoms with van der Waals surface area (Å²) in [4.78, 5) is 29.1. The number of aromatic amines is 1. The summed E-state index contributed by atoms with van der Waals surface area (Å²) in [7, 11) is 3.32. The quantitative estimate of drug-likeness (QED) is 0.366. The summed E-state index contributed by atoms with van der Waals surface area (Å²) >= 11 is 0. The smallest absolute Gasteiger partial charge is 0.306 e. The Labute approximate surface area is 237 Å².